The maximum Gasteiger partial charge on any atom is 0.229 e. The second-order valence-electron chi connectivity index (χ2n) is 4.57. The van der Waals surface area contributed by atoms with Crippen molar-refractivity contribution in [3.63, 3.8) is 0 Å². The van der Waals surface area contributed by atoms with Gasteiger partial charge >= 0.3 is 0 Å². The van der Waals surface area contributed by atoms with E-state index in [4.69, 9.17) is 9.78 Å². The summed E-state index contributed by atoms with van der Waals surface area (Å²) in [5.41, 5.74) is 1.40. The van der Waals surface area contributed by atoms with E-state index in [-0.39, 0.29) is 11.7 Å². The molecule has 1 atom stereocenters. The molecule has 1 unspecified atom stereocenters. The first-order valence-corrected chi connectivity index (χ1v) is 6.08. The fourth-order valence-electron chi connectivity index (χ4n) is 1.82. The van der Waals surface area contributed by atoms with Crippen molar-refractivity contribution in [1.82, 2.24) is 10.1 Å². The third-order valence-corrected chi connectivity index (χ3v) is 2.85. The number of aromatic nitrogens is 2. The van der Waals surface area contributed by atoms with Crippen LogP contribution in [0.25, 0.3) is 11.4 Å². The number of nitrogens with zero attached hydrogens (tertiary/aromatic N) is 3. The van der Waals surface area contributed by atoms with Crippen LogP contribution in [0.2, 0.25) is 0 Å². The Labute approximate surface area is 110 Å². The van der Waals surface area contributed by atoms with Gasteiger partial charge in [0, 0.05) is 17.9 Å². The van der Waals surface area contributed by atoms with E-state index < -0.39 is 0 Å². The third kappa shape index (κ3) is 3.16. The number of nitriles is 1. The van der Waals surface area contributed by atoms with Crippen molar-refractivity contribution in [2.24, 2.45) is 0 Å². The van der Waals surface area contributed by atoms with Crippen LogP contribution in [-0.4, -0.2) is 10.1 Å². The first-order valence-electron chi connectivity index (χ1n) is 6.08. The van der Waals surface area contributed by atoms with Gasteiger partial charge in [0.1, 0.15) is 5.82 Å². The van der Waals surface area contributed by atoms with E-state index in [9.17, 15) is 4.39 Å². The normalized spacial score (nSPS) is 12.1. The molecule has 0 bridgehead atoms. The Morgan fingerprint density at radius 3 is 2.89 bits per heavy atom. The Kier molecular flexibility index (Phi) is 3.91. The van der Waals surface area contributed by atoms with Crippen molar-refractivity contribution in [2.45, 2.75) is 32.6 Å². The fraction of sp³-hybridized carbons (Fsp3) is 0.357. The van der Waals surface area contributed by atoms with E-state index in [1.807, 2.05) is 13.8 Å². The van der Waals surface area contributed by atoms with Crippen LogP contribution in [0.4, 0.5) is 4.39 Å². The molecule has 1 aromatic heterocycles. The standard InChI is InChI=1S/C14H14FN3O/c1-9-6-11(8-12(15)7-9)13-17-14(19-18-13)10(2)4-3-5-16/h6-8,10H,3-4H2,1-2H3. The lowest BCUT2D eigenvalue weighted by Gasteiger charge is -2.01. The quantitative estimate of drug-likeness (QED) is 0.841. The van der Waals surface area contributed by atoms with Crippen LogP contribution in [0.3, 0.4) is 0 Å². The highest BCUT2D eigenvalue weighted by Crippen LogP contribution is 2.23. The lowest BCUT2D eigenvalue weighted by Crippen LogP contribution is -1.93. The van der Waals surface area contributed by atoms with Crippen LogP contribution in [-0.2, 0) is 0 Å². The molecule has 0 radical (unpaired) electrons. The summed E-state index contributed by atoms with van der Waals surface area (Å²) >= 11 is 0. The molecule has 2 rings (SSSR count). The van der Waals surface area contributed by atoms with Gasteiger partial charge in [-0.15, -0.1) is 0 Å². The zero-order chi connectivity index (χ0) is 13.8. The molecular weight excluding hydrogens is 245 g/mol. The zero-order valence-corrected chi connectivity index (χ0v) is 10.9. The van der Waals surface area contributed by atoms with E-state index in [0.29, 0.717) is 30.1 Å². The molecule has 19 heavy (non-hydrogen) atoms. The molecule has 0 aliphatic heterocycles. The van der Waals surface area contributed by atoms with Gasteiger partial charge in [0.2, 0.25) is 11.7 Å². The summed E-state index contributed by atoms with van der Waals surface area (Å²) in [6.07, 6.45) is 1.11. The lowest BCUT2D eigenvalue weighted by molar-refractivity contribution is 0.355. The smallest absolute Gasteiger partial charge is 0.229 e. The predicted molar refractivity (Wildman–Crippen MR) is 67.7 cm³/mol. The molecule has 98 valence electrons. The maximum absolute atomic E-state index is 13.3. The van der Waals surface area contributed by atoms with Gasteiger partial charge in [0.25, 0.3) is 0 Å². The molecule has 0 aliphatic carbocycles. The summed E-state index contributed by atoms with van der Waals surface area (Å²) < 4.78 is 18.5. The Bertz CT molecular complexity index is 595. The minimum atomic E-state index is -0.320. The number of hydrogen-bond acceptors (Lipinski definition) is 4. The van der Waals surface area contributed by atoms with Crippen molar-refractivity contribution in [3.05, 3.63) is 35.5 Å². The van der Waals surface area contributed by atoms with Crippen molar-refractivity contribution < 1.29 is 8.91 Å². The molecule has 0 amide bonds. The summed E-state index contributed by atoms with van der Waals surface area (Å²) in [7, 11) is 0. The maximum atomic E-state index is 13.3. The highest BCUT2D eigenvalue weighted by molar-refractivity contribution is 5.55. The Hall–Kier alpha value is -2.22. The fourth-order valence-corrected chi connectivity index (χ4v) is 1.82. The van der Waals surface area contributed by atoms with Gasteiger partial charge in [-0.1, -0.05) is 12.1 Å². The first kappa shape index (κ1) is 13.2. The van der Waals surface area contributed by atoms with Crippen LogP contribution in [0.1, 0.15) is 37.1 Å². The van der Waals surface area contributed by atoms with Gasteiger partial charge in [-0.25, -0.2) is 4.39 Å². The number of hydrogen-bond donors (Lipinski definition) is 0. The summed E-state index contributed by atoms with van der Waals surface area (Å²) in [6, 6.07) is 6.71. The van der Waals surface area contributed by atoms with E-state index in [1.165, 1.54) is 12.1 Å². The summed E-state index contributed by atoms with van der Waals surface area (Å²) in [6.45, 7) is 3.73. The molecule has 4 nitrogen and oxygen atoms in total. The predicted octanol–water partition coefficient (Wildman–Crippen LogP) is 3.59. The second kappa shape index (κ2) is 5.61. The molecular formula is C14H14FN3O. The SMILES string of the molecule is Cc1cc(F)cc(-c2noc(C(C)CCC#N)n2)c1. The van der Waals surface area contributed by atoms with Crippen molar-refractivity contribution in [1.29, 1.82) is 5.26 Å². The van der Waals surface area contributed by atoms with Crippen molar-refractivity contribution in [2.75, 3.05) is 0 Å². The van der Waals surface area contributed by atoms with Crippen molar-refractivity contribution in [3.8, 4) is 17.5 Å². The number of halogens is 1. The molecule has 1 aromatic carbocycles. The number of rotatable bonds is 4. The van der Waals surface area contributed by atoms with Gasteiger partial charge in [-0.3, -0.25) is 0 Å². The van der Waals surface area contributed by atoms with Crippen LogP contribution < -0.4 is 0 Å². The molecule has 0 N–H and O–H groups in total. The van der Waals surface area contributed by atoms with Gasteiger partial charge in [0.05, 0.1) is 6.07 Å². The Balaban J connectivity index is 2.23. The summed E-state index contributed by atoms with van der Waals surface area (Å²) in [5.74, 6) is 0.558. The minimum Gasteiger partial charge on any atom is -0.339 e. The van der Waals surface area contributed by atoms with Gasteiger partial charge < -0.3 is 4.52 Å². The largest absolute Gasteiger partial charge is 0.339 e. The van der Waals surface area contributed by atoms with Crippen LogP contribution in [0, 0.1) is 24.1 Å². The average molecular weight is 259 g/mol. The molecule has 0 spiro atoms. The summed E-state index contributed by atoms with van der Waals surface area (Å²) in [4.78, 5) is 4.26. The zero-order valence-electron chi connectivity index (χ0n) is 10.9. The van der Waals surface area contributed by atoms with E-state index in [2.05, 4.69) is 16.2 Å². The average Bonchev–Trinajstić information content (AvgIpc) is 2.84. The molecule has 0 saturated heterocycles. The number of aryl methyl sites for hydroxylation is 1. The second-order valence-corrected chi connectivity index (χ2v) is 4.57. The molecule has 0 saturated carbocycles. The molecule has 0 fully saturated rings. The molecule has 1 heterocycles. The monoisotopic (exact) mass is 259 g/mol. The van der Waals surface area contributed by atoms with E-state index in [1.54, 1.807) is 6.07 Å². The van der Waals surface area contributed by atoms with Crippen LogP contribution in [0.15, 0.2) is 22.7 Å². The van der Waals surface area contributed by atoms with Crippen LogP contribution in [0.5, 0.6) is 0 Å². The topological polar surface area (TPSA) is 62.7 Å². The highest BCUT2D eigenvalue weighted by atomic mass is 19.1. The Morgan fingerprint density at radius 1 is 1.42 bits per heavy atom. The van der Waals surface area contributed by atoms with Crippen LogP contribution >= 0.6 is 0 Å². The lowest BCUT2D eigenvalue weighted by atomic mass is 10.1. The van der Waals surface area contributed by atoms with Crippen molar-refractivity contribution >= 4 is 0 Å². The third-order valence-electron chi connectivity index (χ3n) is 2.85. The minimum absolute atomic E-state index is 0.0237. The summed E-state index contributed by atoms with van der Waals surface area (Å²) in [5, 5.41) is 12.4. The Morgan fingerprint density at radius 2 is 2.21 bits per heavy atom. The molecule has 0 aliphatic rings. The molecule has 2 aromatic rings. The molecule has 5 heteroatoms. The van der Waals surface area contributed by atoms with Gasteiger partial charge in [-0.2, -0.15) is 10.2 Å². The van der Waals surface area contributed by atoms with Gasteiger partial charge in [0.15, 0.2) is 0 Å². The van der Waals surface area contributed by atoms with Gasteiger partial charge in [-0.05, 0) is 37.1 Å². The number of benzene rings is 1. The van der Waals surface area contributed by atoms with E-state index >= 15 is 0 Å². The van der Waals surface area contributed by atoms with E-state index in [0.717, 1.165) is 5.56 Å². The first-order chi connectivity index (χ1) is 9.10. The highest BCUT2D eigenvalue weighted by Gasteiger charge is 2.15.